The zero-order chi connectivity index (χ0) is 15.7. The Morgan fingerprint density at radius 3 is 2.52 bits per heavy atom. The summed E-state index contributed by atoms with van der Waals surface area (Å²) in [5, 5.41) is 2.78. The zero-order valence-electron chi connectivity index (χ0n) is 12.8. The normalized spacial score (nSPS) is 17.6. The number of carbonyl (C=O) groups is 1. The molecule has 0 bridgehead atoms. The van der Waals surface area contributed by atoms with Crippen LogP contribution in [0.25, 0.3) is 0 Å². The molecule has 0 aromatic heterocycles. The van der Waals surface area contributed by atoms with Crippen LogP contribution in [0, 0.1) is 0 Å². The van der Waals surface area contributed by atoms with Crippen molar-refractivity contribution in [2.45, 2.75) is 57.6 Å². The summed E-state index contributed by atoms with van der Waals surface area (Å²) in [7, 11) is 0. The van der Waals surface area contributed by atoms with Crippen LogP contribution in [-0.4, -0.2) is 11.7 Å². The molecule has 1 fully saturated rings. The van der Waals surface area contributed by atoms with E-state index >= 15 is 0 Å². The quantitative estimate of drug-likeness (QED) is 0.820. The Morgan fingerprint density at radius 2 is 1.95 bits per heavy atom. The molecule has 2 rings (SSSR count). The zero-order valence-corrected chi connectivity index (χ0v) is 14.4. The van der Waals surface area contributed by atoms with E-state index in [2.05, 4.69) is 21.2 Å². The third kappa shape index (κ3) is 4.20. The van der Waals surface area contributed by atoms with Crippen LogP contribution in [-0.2, 0) is 10.3 Å². The minimum Gasteiger partial charge on any atom is -0.444 e. The van der Waals surface area contributed by atoms with Crippen molar-refractivity contribution in [3.63, 3.8) is 0 Å². The highest BCUT2D eigenvalue weighted by atomic mass is 79.9. The smallest absolute Gasteiger partial charge is 0.412 e. The molecule has 3 N–H and O–H groups in total. The molecule has 0 heterocycles. The predicted octanol–water partition coefficient (Wildman–Crippen LogP) is 4.52. The van der Waals surface area contributed by atoms with Gasteiger partial charge in [0.25, 0.3) is 0 Å². The molecule has 1 saturated carbocycles. The van der Waals surface area contributed by atoms with Crippen molar-refractivity contribution in [2.24, 2.45) is 5.73 Å². The van der Waals surface area contributed by atoms with Crippen molar-refractivity contribution in [1.29, 1.82) is 0 Å². The van der Waals surface area contributed by atoms with Crippen LogP contribution < -0.4 is 11.1 Å². The average Bonchev–Trinajstić information content (AvgIpc) is 2.77. The maximum atomic E-state index is 11.9. The maximum absolute atomic E-state index is 11.9. The van der Waals surface area contributed by atoms with E-state index in [1.165, 1.54) is 0 Å². The molecule has 0 unspecified atom stereocenters. The van der Waals surface area contributed by atoms with E-state index in [0.29, 0.717) is 5.69 Å². The molecule has 0 spiro atoms. The minimum atomic E-state index is -0.519. The number of ether oxygens (including phenoxy) is 1. The molecule has 0 aliphatic heterocycles. The van der Waals surface area contributed by atoms with Gasteiger partial charge >= 0.3 is 6.09 Å². The topological polar surface area (TPSA) is 64.3 Å². The number of nitrogens with two attached hydrogens (primary N) is 1. The summed E-state index contributed by atoms with van der Waals surface area (Å²) in [5.74, 6) is 0. The first kappa shape index (κ1) is 16.3. The second kappa shape index (κ2) is 5.97. The molecule has 1 amide bonds. The van der Waals surface area contributed by atoms with Crippen molar-refractivity contribution in [3.05, 3.63) is 28.2 Å². The first-order chi connectivity index (χ1) is 9.70. The highest BCUT2D eigenvalue weighted by molar-refractivity contribution is 9.10. The largest absolute Gasteiger partial charge is 0.444 e. The molecule has 5 heteroatoms. The second-order valence-electron chi connectivity index (χ2n) is 6.68. The lowest BCUT2D eigenvalue weighted by molar-refractivity contribution is 0.0636. The van der Waals surface area contributed by atoms with Crippen LogP contribution in [0.1, 0.15) is 52.0 Å². The van der Waals surface area contributed by atoms with Crippen molar-refractivity contribution < 1.29 is 9.53 Å². The molecule has 0 atom stereocenters. The standard InChI is InChI=1S/C16H23BrN2O2/c1-15(2,3)21-14(20)19-13-10-11(6-7-12(13)17)16(18)8-4-5-9-16/h6-7,10H,4-5,8-9,18H2,1-3H3,(H,19,20). The van der Waals surface area contributed by atoms with Gasteiger partial charge in [-0.15, -0.1) is 0 Å². The van der Waals surface area contributed by atoms with E-state index in [4.69, 9.17) is 10.5 Å². The number of hydrogen-bond acceptors (Lipinski definition) is 3. The Labute approximate surface area is 134 Å². The molecule has 1 aliphatic carbocycles. The van der Waals surface area contributed by atoms with Crippen LogP contribution in [0.2, 0.25) is 0 Å². The summed E-state index contributed by atoms with van der Waals surface area (Å²) in [4.78, 5) is 11.9. The highest BCUT2D eigenvalue weighted by Crippen LogP contribution is 2.38. The Balaban J connectivity index is 2.18. The fourth-order valence-electron chi connectivity index (χ4n) is 2.64. The SMILES string of the molecule is CC(C)(C)OC(=O)Nc1cc(C2(N)CCCC2)ccc1Br. The first-order valence-corrected chi connectivity index (χ1v) is 8.08. The third-order valence-corrected chi connectivity index (χ3v) is 4.36. The van der Waals surface area contributed by atoms with E-state index < -0.39 is 11.7 Å². The second-order valence-corrected chi connectivity index (χ2v) is 7.54. The van der Waals surface area contributed by atoms with Crippen LogP contribution in [0.4, 0.5) is 10.5 Å². The van der Waals surface area contributed by atoms with Gasteiger partial charge in [0.1, 0.15) is 5.60 Å². The number of benzene rings is 1. The fourth-order valence-corrected chi connectivity index (χ4v) is 2.98. The van der Waals surface area contributed by atoms with Crippen molar-refractivity contribution in [1.82, 2.24) is 0 Å². The third-order valence-electron chi connectivity index (χ3n) is 3.67. The molecule has 1 aromatic carbocycles. The molecule has 116 valence electrons. The van der Waals surface area contributed by atoms with Crippen LogP contribution in [0.5, 0.6) is 0 Å². The lowest BCUT2D eigenvalue weighted by atomic mass is 9.89. The number of amides is 1. The summed E-state index contributed by atoms with van der Waals surface area (Å²) in [6.45, 7) is 5.52. The van der Waals surface area contributed by atoms with Crippen LogP contribution in [0.3, 0.4) is 0 Å². The molecule has 1 aromatic rings. The van der Waals surface area contributed by atoms with Gasteiger partial charge < -0.3 is 10.5 Å². The molecule has 0 saturated heterocycles. The van der Waals surface area contributed by atoms with Crippen molar-refractivity contribution >= 4 is 27.7 Å². The van der Waals surface area contributed by atoms with Gasteiger partial charge in [-0.05, 0) is 67.2 Å². The minimum absolute atomic E-state index is 0.273. The lowest BCUT2D eigenvalue weighted by Crippen LogP contribution is -2.33. The highest BCUT2D eigenvalue weighted by Gasteiger charge is 2.31. The number of halogens is 1. The molecule has 21 heavy (non-hydrogen) atoms. The van der Waals surface area contributed by atoms with E-state index in [9.17, 15) is 4.79 Å². The fraction of sp³-hybridized carbons (Fsp3) is 0.562. The van der Waals surface area contributed by atoms with E-state index in [1.54, 1.807) is 0 Å². The Kier molecular flexibility index (Phi) is 4.63. The van der Waals surface area contributed by atoms with Gasteiger partial charge in [0.05, 0.1) is 5.69 Å². The lowest BCUT2D eigenvalue weighted by Gasteiger charge is -2.25. The molecular formula is C16H23BrN2O2. The number of rotatable bonds is 2. The predicted molar refractivity (Wildman–Crippen MR) is 88.3 cm³/mol. The summed E-state index contributed by atoms with van der Waals surface area (Å²) >= 11 is 3.45. The van der Waals surface area contributed by atoms with Crippen molar-refractivity contribution in [3.8, 4) is 0 Å². The van der Waals surface area contributed by atoms with Gasteiger partial charge in [-0.1, -0.05) is 18.9 Å². The van der Waals surface area contributed by atoms with Gasteiger partial charge in [0.15, 0.2) is 0 Å². The van der Waals surface area contributed by atoms with Gasteiger partial charge in [-0.3, -0.25) is 5.32 Å². The molecule has 0 radical (unpaired) electrons. The summed E-state index contributed by atoms with van der Waals surface area (Å²) in [6, 6.07) is 5.89. The Bertz CT molecular complexity index is 532. The van der Waals surface area contributed by atoms with Gasteiger partial charge in [-0.25, -0.2) is 4.79 Å². The molecule has 1 aliphatic rings. The van der Waals surface area contributed by atoms with Crippen LogP contribution >= 0.6 is 15.9 Å². The maximum Gasteiger partial charge on any atom is 0.412 e. The van der Waals surface area contributed by atoms with Gasteiger partial charge in [-0.2, -0.15) is 0 Å². The van der Waals surface area contributed by atoms with E-state index in [-0.39, 0.29) is 5.54 Å². The van der Waals surface area contributed by atoms with E-state index in [1.807, 2.05) is 39.0 Å². The summed E-state index contributed by atoms with van der Waals surface area (Å²) < 4.78 is 6.10. The summed E-state index contributed by atoms with van der Waals surface area (Å²) in [6.07, 6.45) is 3.82. The molecular weight excluding hydrogens is 332 g/mol. The van der Waals surface area contributed by atoms with Crippen LogP contribution in [0.15, 0.2) is 22.7 Å². The number of nitrogens with one attached hydrogen (secondary N) is 1. The average molecular weight is 355 g/mol. The monoisotopic (exact) mass is 354 g/mol. The van der Waals surface area contributed by atoms with Gasteiger partial charge in [0, 0.05) is 10.0 Å². The number of hydrogen-bond donors (Lipinski definition) is 2. The number of carbonyl (C=O) groups excluding carboxylic acids is 1. The number of anilines is 1. The first-order valence-electron chi connectivity index (χ1n) is 7.29. The van der Waals surface area contributed by atoms with Gasteiger partial charge in [0.2, 0.25) is 0 Å². The van der Waals surface area contributed by atoms with Crippen molar-refractivity contribution in [2.75, 3.05) is 5.32 Å². The molecule has 4 nitrogen and oxygen atoms in total. The Hall–Kier alpha value is -1.07. The summed E-state index contributed by atoms with van der Waals surface area (Å²) in [5.41, 5.74) is 7.44. The Morgan fingerprint density at radius 1 is 1.33 bits per heavy atom. The van der Waals surface area contributed by atoms with E-state index in [0.717, 1.165) is 35.7 Å².